The van der Waals surface area contributed by atoms with E-state index in [9.17, 15) is 20.1 Å². The van der Waals surface area contributed by atoms with E-state index in [4.69, 9.17) is 0 Å². The zero-order valence-electron chi connectivity index (χ0n) is 10.9. The van der Waals surface area contributed by atoms with Crippen LogP contribution < -0.4 is 0 Å². The molecule has 0 spiro atoms. The van der Waals surface area contributed by atoms with E-state index in [1.54, 1.807) is 12.1 Å². The highest BCUT2D eigenvalue weighted by atomic mass is 16.3. The SMILES string of the molecule is CC[C@@]1(O)CCN(C(=O)c2cccc(O)c2)C[C@H]1O. The van der Waals surface area contributed by atoms with Gasteiger partial charge in [-0.3, -0.25) is 4.79 Å². The van der Waals surface area contributed by atoms with Crippen LogP contribution in [0.2, 0.25) is 0 Å². The second-order valence-corrected chi connectivity index (χ2v) is 5.02. The largest absolute Gasteiger partial charge is 0.508 e. The lowest BCUT2D eigenvalue weighted by Crippen LogP contribution is -2.56. The fourth-order valence-electron chi connectivity index (χ4n) is 2.38. The third-order valence-electron chi connectivity index (χ3n) is 3.82. The number of likely N-dealkylation sites (tertiary alicyclic amines) is 1. The van der Waals surface area contributed by atoms with Gasteiger partial charge in [0.05, 0.1) is 5.60 Å². The summed E-state index contributed by atoms with van der Waals surface area (Å²) in [6.07, 6.45) is -0.120. The number of aromatic hydroxyl groups is 1. The Labute approximate surface area is 112 Å². The van der Waals surface area contributed by atoms with Crippen LogP contribution in [0.15, 0.2) is 24.3 Å². The molecule has 5 heteroatoms. The highest BCUT2D eigenvalue weighted by molar-refractivity contribution is 5.94. The number of hydrogen-bond donors (Lipinski definition) is 3. The molecule has 2 rings (SSSR count). The second-order valence-electron chi connectivity index (χ2n) is 5.02. The summed E-state index contributed by atoms with van der Waals surface area (Å²) < 4.78 is 0. The molecule has 1 heterocycles. The Hall–Kier alpha value is -1.59. The fourth-order valence-corrected chi connectivity index (χ4v) is 2.38. The summed E-state index contributed by atoms with van der Waals surface area (Å²) >= 11 is 0. The molecule has 19 heavy (non-hydrogen) atoms. The van der Waals surface area contributed by atoms with Gasteiger partial charge >= 0.3 is 0 Å². The molecule has 1 fully saturated rings. The number of hydrogen-bond acceptors (Lipinski definition) is 4. The topological polar surface area (TPSA) is 81.0 Å². The van der Waals surface area contributed by atoms with Crippen LogP contribution in [-0.4, -0.2) is 50.9 Å². The lowest BCUT2D eigenvalue weighted by Gasteiger charge is -2.41. The van der Waals surface area contributed by atoms with Crippen molar-refractivity contribution in [2.75, 3.05) is 13.1 Å². The van der Waals surface area contributed by atoms with Crippen LogP contribution >= 0.6 is 0 Å². The quantitative estimate of drug-likeness (QED) is 0.736. The molecule has 0 aromatic heterocycles. The molecule has 1 aliphatic rings. The van der Waals surface area contributed by atoms with Crippen LogP contribution in [0.4, 0.5) is 0 Å². The van der Waals surface area contributed by atoms with E-state index in [1.807, 2.05) is 6.92 Å². The summed E-state index contributed by atoms with van der Waals surface area (Å²) in [6, 6.07) is 6.12. The van der Waals surface area contributed by atoms with E-state index in [2.05, 4.69) is 0 Å². The lowest BCUT2D eigenvalue weighted by molar-refractivity contribution is -0.114. The molecule has 0 radical (unpaired) electrons. The molecule has 0 unspecified atom stereocenters. The minimum absolute atomic E-state index is 0.0356. The highest BCUT2D eigenvalue weighted by Crippen LogP contribution is 2.27. The van der Waals surface area contributed by atoms with Gasteiger partial charge in [0.25, 0.3) is 5.91 Å². The van der Waals surface area contributed by atoms with Crippen LogP contribution in [0.1, 0.15) is 30.1 Å². The molecule has 1 aromatic carbocycles. The Balaban J connectivity index is 2.11. The van der Waals surface area contributed by atoms with E-state index >= 15 is 0 Å². The number of amides is 1. The molecular weight excluding hydrogens is 246 g/mol. The molecule has 104 valence electrons. The number of phenolic OH excluding ortho intramolecular Hbond substituents is 1. The van der Waals surface area contributed by atoms with Crippen molar-refractivity contribution in [1.29, 1.82) is 0 Å². The van der Waals surface area contributed by atoms with Crippen molar-refractivity contribution in [3.05, 3.63) is 29.8 Å². The van der Waals surface area contributed by atoms with Crippen molar-refractivity contribution < 1.29 is 20.1 Å². The summed E-state index contributed by atoms with van der Waals surface area (Å²) in [6.45, 7) is 2.32. The maximum absolute atomic E-state index is 12.2. The smallest absolute Gasteiger partial charge is 0.254 e. The number of β-amino-alcohol motifs (C(OH)–C–C–N with tert-alkyl or cyclic N) is 1. The number of piperidine rings is 1. The van der Waals surface area contributed by atoms with Crippen LogP contribution in [0.5, 0.6) is 5.75 Å². The molecule has 1 amide bonds. The zero-order valence-corrected chi connectivity index (χ0v) is 10.9. The first-order valence-electron chi connectivity index (χ1n) is 6.45. The first-order valence-corrected chi connectivity index (χ1v) is 6.45. The van der Waals surface area contributed by atoms with E-state index in [1.165, 1.54) is 17.0 Å². The summed E-state index contributed by atoms with van der Waals surface area (Å²) in [5.41, 5.74) is -0.718. The molecular formula is C14H19NO4. The van der Waals surface area contributed by atoms with E-state index in [-0.39, 0.29) is 18.2 Å². The number of aliphatic hydroxyl groups excluding tert-OH is 1. The highest BCUT2D eigenvalue weighted by Gasteiger charge is 2.40. The van der Waals surface area contributed by atoms with E-state index in [0.29, 0.717) is 24.9 Å². The van der Waals surface area contributed by atoms with Gasteiger partial charge in [-0.1, -0.05) is 13.0 Å². The number of benzene rings is 1. The van der Waals surface area contributed by atoms with Crippen LogP contribution in [0.25, 0.3) is 0 Å². The zero-order chi connectivity index (χ0) is 14.0. The summed E-state index contributed by atoms with van der Waals surface area (Å²) in [7, 11) is 0. The molecule has 1 aromatic rings. The summed E-state index contributed by atoms with van der Waals surface area (Å²) in [4.78, 5) is 13.7. The van der Waals surface area contributed by atoms with E-state index in [0.717, 1.165) is 0 Å². The van der Waals surface area contributed by atoms with Crippen LogP contribution in [0, 0.1) is 0 Å². The van der Waals surface area contributed by atoms with Gasteiger partial charge in [-0.15, -0.1) is 0 Å². The molecule has 2 atom stereocenters. The van der Waals surface area contributed by atoms with Gasteiger partial charge in [0.1, 0.15) is 11.9 Å². The number of aliphatic hydroxyl groups is 2. The Morgan fingerprint density at radius 1 is 1.53 bits per heavy atom. The molecule has 0 saturated carbocycles. The van der Waals surface area contributed by atoms with E-state index < -0.39 is 11.7 Å². The minimum Gasteiger partial charge on any atom is -0.508 e. The number of nitrogens with zero attached hydrogens (tertiary/aromatic N) is 1. The molecule has 3 N–H and O–H groups in total. The monoisotopic (exact) mass is 265 g/mol. The normalized spacial score (nSPS) is 27.3. The minimum atomic E-state index is -1.10. The van der Waals surface area contributed by atoms with Gasteiger partial charge < -0.3 is 20.2 Å². The average molecular weight is 265 g/mol. The first kappa shape index (κ1) is 13.8. The lowest BCUT2D eigenvalue weighted by atomic mass is 9.86. The van der Waals surface area contributed by atoms with Crippen molar-refractivity contribution >= 4 is 5.91 Å². The molecule has 5 nitrogen and oxygen atoms in total. The standard InChI is InChI=1S/C14H19NO4/c1-2-14(19)6-7-15(9-12(14)17)13(18)10-4-3-5-11(16)8-10/h3-5,8,12,16-17,19H,2,6-7,9H2,1H3/t12-,14-/m1/s1. The van der Waals surface area contributed by atoms with Crippen molar-refractivity contribution in [2.45, 2.75) is 31.5 Å². The summed E-state index contributed by atoms with van der Waals surface area (Å²) in [5.74, 6) is -0.207. The average Bonchev–Trinajstić information content (AvgIpc) is 2.41. The predicted octanol–water partition coefficient (Wildman–Crippen LogP) is 0.740. The Morgan fingerprint density at radius 2 is 2.26 bits per heavy atom. The Kier molecular flexibility index (Phi) is 3.78. The van der Waals surface area contributed by atoms with Crippen LogP contribution in [0.3, 0.4) is 0 Å². The van der Waals surface area contributed by atoms with Crippen molar-refractivity contribution in [1.82, 2.24) is 4.90 Å². The summed E-state index contributed by atoms with van der Waals surface area (Å²) in [5, 5.41) is 29.5. The van der Waals surface area contributed by atoms with Crippen molar-refractivity contribution in [2.24, 2.45) is 0 Å². The maximum atomic E-state index is 12.2. The number of phenols is 1. The van der Waals surface area contributed by atoms with Gasteiger partial charge in [-0.05, 0) is 31.0 Å². The number of carbonyl (C=O) groups excluding carboxylic acids is 1. The van der Waals surface area contributed by atoms with Gasteiger partial charge in [-0.25, -0.2) is 0 Å². The molecule has 1 saturated heterocycles. The molecule has 1 aliphatic heterocycles. The molecule has 0 aliphatic carbocycles. The van der Waals surface area contributed by atoms with Crippen molar-refractivity contribution in [3.63, 3.8) is 0 Å². The second kappa shape index (κ2) is 5.19. The Morgan fingerprint density at radius 3 is 2.84 bits per heavy atom. The third kappa shape index (κ3) is 2.72. The van der Waals surface area contributed by atoms with Crippen molar-refractivity contribution in [3.8, 4) is 5.75 Å². The number of rotatable bonds is 2. The Bertz CT molecular complexity index is 476. The predicted molar refractivity (Wildman–Crippen MR) is 69.9 cm³/mol. The van der Waals surface area contributed by atoms with Gasteiger partial charge in [-0.2, -0.15) is 0 Å². The van der Waals surface area contributed by atoms with Gasteiger partial charge in [0.2, 0.25) is 0 Å². The van der Waals surface area contributed by atoms with Crippen LogP contribution in [-0.2, 0) is 0 Å². The maximum Gasteiger partial charge on any atom is 0.254 e. The van der Waals surface area contributed by atoms with Gasteiger partial charge in [0.15, 0.2) is 0 Å². The van der Waals surface area contributed by atoms with Gasteiger partial charge in [0, 0.05) is 18.7 Å². The fraction of sp³-hybridized carbons (Fsp3) is 0.500. The third-order valence-corrected chi connectivity index (χ3v) is 3.82. The molecule has 0 bridgehead atoms. The first-order chi connectivity index (χ1) is 8.96. The number of carbonyl (C=O) groups is 1.